The van der Waals surface area contributed by atoms with Gasteiger partial charge in [0.15, 0.2) is 0 Å². The molecule has 7 nitrogen and oxygen atoms in total. The Balaban J connectivity index is 1.48. The maximum Gasteiger partial charge on any atom is 0.255 e. The molecule has 206 valence electrons. The van der Waals surface area contributed by atoms with Crippen LogP contribution in [0.2, 0.25) is 15.1 Å². The van der Waals surface area contributed by atoms with E-state index < -0.39 is 22.5 Å². The molecule has 0 aliphatic carbocycles. The highest BCUT2D eigenvalue weighted by Crippen LogP contribution is 2.26. The summed E-state index contributed by atoms with van der Waals surface area (Å²) in [6.07, 6.45) is 1.44. The summed E-state index contributed by atoms with van der Waals surface area (Å²) in [6, 6.07) is 27.3. The van der Waals surface area contributed by atoms with Gasteiger partial charge in [0.1, 0.15) is 12.4 Å². The van der Waals surface area contributed by atoms with E-state index in [0.29, 0.717) is 33.5 Å². The molecule has 40 heavy (non-hydrogen) atoms. The van der Waals surface area contributed by atoms with Crippen LogP contribution in [0.4, 0.5) is 0 Å². The molecule has 1 N–H and O–H groups in total. The van der Waals surface area contributed by atoms with E-state index in [4.69, 9.17) is 39.5 Å². The predicted molar refractivity (Wildman–Crippen MR) is 158 cm³/mol. The zero-order valence-corrected chi connectivity index (χ0v) is 24.1. The van der Waals surface area contributed by atoms with Gasteiger partial charge in [-0.15, -0.1) is 0 Å². The third-order valence-electron chi connectivity index (χ3n) is 5.68. The van der Waals surface area contributed by atoms with Crippen LogP contribution in [0.15, 0.2) is 107 Å². The Kier molecular flexibility index (Phi) is 10.2. The van der Waals surface area contributed by atoms with E-state index in [1.807, 2.05) is 42.5 Å². The number of rotatable bonds is 11. The van der Waals surface area contributed by atoms with Gasteiger partial charge in [-0.25, -0.2) is 13.8 Å². The first kappa shape index (κ1) is 29.6. The van der Waals surface area contributed by atoms with Gasteiger partial charge >= 0.3 is 0 Å². The minimum Gasteiger partial charge on any atom is -0.488 e. The second-order valence-electron chi connectivity index (χ2n) is 8.57. The van der Waals surface area contributed by atoms with Crippen molar-refractivity contribution in [1.29, 1.82) is 0 Å². The maximum absolute atomic E-state index is 13.5. The number of benzene rings is 4. The molecule has 11 heteroatoms. The molecular weight excluding hydrogens is 593 g/mol. The Morgan fingerprint density at radius 3 is 2.27 bits per heavy atom. The van der Waals surface area contributed by atoms with Gasteiger partial charge in [0.25, 0.3) is 5.91 Å². The number of carbonyl (C=O) groups excluding carboxylic acids is 1. The molecule has 4 aromatic rings. The minimum atomic E-state index is -4.11. The van der Waals surface area contributed by atoms with Gasteiger partial charge in [-0.05, 0) is 59.7 Å². The second-order valence-corrected chi connectivity index (χ2v) is 11.8. The van der Waals surface area contributed by atoms with E-state index in [0.717, 1.165) is 9.87 Å². The number of amides is 1. The highest BCUT2D eigenvalue weighted by Gasteiger charge is 2.27. The van der Waals surface area contributed by atoms with Crippen molar-refractivity contribution in [2.24, 2.45) is 5.10 Å². The van der Waals surface area contributed by atoms with Crippen LogP contribution in [0.25, 0.3) is 0 Å². The van der Waals surface area contributed by atoms with Crippen LogP contribution in [0.5, 0.6) is 5.75 Å². The van der Waals surface area contributed by atoms with Crippen LogP contribution in [0.3, 0.4) is 0 Å². The first-order chi connectivity index (χ1) is 19.2. The fourth-order valence-corrected chi connectivity index (χ4v) is 5.61. The molecule has 0 aromatic heterocycles. The monoisotopic (exact) mass is 615 g/mol. The first-order valence-electron chi connectivity index (χ1n) is 12.0. The summed E-state index contributed by atoms with van der Waals surface area (Å²) >= 11 is 18.2. The van der Waals surface area contributed by atoms with Crippen LogP contribution < -0.4 is 10.2 Å². The summed E-state index contributed by atoms with van der Waals surface area (Å²) in [6.45, 7) is -0.329. The average molecular weight is 617 g/mol. The van der Waals surface area contributed by atoms with Crippen LogP contribution in [-0.4, -0.2) is 31.4 Å². The standard InChI is InChI=1S/C29H24Cl3N3O4S/c30-24-12-14-26(15-13-24)40(37,38)35(18-23-10-11-25(31)16-27(23)32)19-29(36)34-33-17-22-8-4-5-9-28(22)39-20-21-6-2-1-3-7-21/h1-17H,18-20H2,(H,34,36)/b33-17-. The molecule has 0 radical (unpaired) electrons. The van der Waals surface area contributed by atoms with E-state index in [9.17, 15) is 13.2 Å². The van der Waals surface area contributed by atoms with E-state index in [1.165, 1.54) is 36.5 Å². The first-order valence-corrected chi connectivity index (χ1v) is 14.6. The molecule has 0 unspecified atom stereocenters. The molecule has 0 fully saturated rings. The average Bonchev–Trinajstić information content (AvgIpc) is 2.94. The Morgan fingerprint density at radius 1 is 0.875 bits per heavy atom. The third-order valence-corrected chi connectivity index (χ3v) is 8.33. The SMILES string of the molecule is O=C(CN(Cc1ccc(Cl)cc1Cl)S(=O)(=O)c1ccc(Cl)cc1)N/N=C\c1ccccc1OCc1ccccc1. The van der Waals surface area contributed by atoms with Gasteiger partial charge in [-0.1, -0.05) is 83.3 Å². The van der Waals surface area contributed by atoms with E-state index >= 15 is 0 Å². The number of ether oxygens (including phenoxy) is 1. The number of para-hydroxylation sites is 1. The van der Waals surface area contributed by atoms with Crippen molar-refractivity contribution in [3.8, 4) is 5.75 Å². The molecule has 0 heterocycles. The normalized spacial score (nSPS) is 11.6. The molecule has 0 saturated heterocycles. The van der Waals surface area contributed by atoms with Crippen LogP contribution in [0.1, 0.15) is 16.7 Å². The minimum absolute atomic E-state index is 0.0252. The highest BCUT2D eigenvalue weighted by molar-refractivity contribution is 7.89. The lowest BCUT2D eigenvalue weighted by molar-refractivity contribution is -0.121. The van der Waals surface area contributed by atoms with Crippen molar-refractivity contribution in [2.75, 3.05) is 6.54 Å². The van der Waals surface area contributed by atoms with Crippen molar-refractivity contribution < 1.29 is 17.9 Å². The Labute approximate surface area is 248 Å². The number of carbonyl (C=O) groups is 1. The number of nitrogens with one attached hydrogen (secondary N) is 1. The van der Waals surface area contributed by atoms with E-state index in [1.54, 1.807) is 24.3 Å². The number of hydrazone groups is 1. The number of hydrogen-bond donors (Lipinski definition) is 1. The Hall–Kier alpha value is -3.40. The number of hydrogen-bond acceptors (Lipinski definition) is 5. The van der Waals surface area contributed by atoms with Gasteiger partial charge in [-0.2, -0.15) is 9.41 Å². The largest absolute Gasteiger partial charge is 0.488 e. The third kappa shape index (κ3) is 8.06. The molecule has 0 aliphatic heterocycles. The van der Waals surface area contributed by atoms with Crippen LogP contribution in [-0.2, 0) is 28.0 Å². The highest BCUT2D eigenvalue weighted by atomic mass is 35.5. The lowest BCUT2D eigenvalue weighted by Gasteiger charge is -2.22. The number of sulfonamides is 1. The zero-order valence-electron chi connectivity index (χ0n) is 21.0. The van der Waals surface area contributed by atoms with Crippen molar-refractivity contribution in [1.82, 2.24) is 9.73 Å². The van der Waals surface area contributed by atoms with E-state index in [-0.39, 0.29) is 16.5 Å². The quantitative estimate of drug-likeness (QED) is 0.153. The van der Waals surface area contributed by atoms with Crippen molar-refractivity contribution in [3.05, 3.63) is 129 Å². The molecule has 4 rings (SSSR count). The Bertz CT molecular complexity index is 1600. The van der Waals surface area contributed by atoms with Crippen LogP contribution >= 0.6 is 34.8 Å². The van der Waals surface area contributed by atoms with Gasteiger partial charge in [0, 0.05) is 27.2 Å². The van der Waals surface area contributed by atoms with Crippen molar-refractivity contribution in [2.45, 2.75) is 18.0 Å². The van der Waals surface area contributed by atoms with Crippen molar-refractivity contribution in [3.63, 3.8) is 0 Å². The molecule has 1 amide bonds. The lowest BCUT2D eigenvalue weighted by atomic mass is 10.2. The number of nitrogens with zero attached hydrogens (tertiary/aromatic N) is 2. The fraction of sp³-hybridized carbons (Fsp3) is 0.103. The summed E-state index contributed by atoms with van der Waals surface area (Å²) in [4.78, 5) is 12.8. The summed E-state index contributed by atoms with van der Waals surface area (Å²) in [5.41, 5.74) is 4.52. The van der Waals surface area contributed by atoms with Crippen LogP contribution in [0, 0.1) is 0 Å². The summed E-state index contributed by atoms with van der Waals surface area (Å²) in [5, 5.41) is 5.08. The molecule has 0 atom stereocenters. The smallest absolute Gasteiger partial charge is 0.255 e. The van der Waals surface area contributed by atoms with Gasteiger partial charge in [0.2, 0.25) is 10.0 Å². The molecule has 4 aromatic carbocycles. The summed E-state index contributed by atoms with van der Waals surface area (Å²) < 4.78 is 33.9. The van der Waals surface area contributed by atoms with Gasteiger partial charge in [0.05, 0.1) is 17.7 Å². The predicted octanol–water partition coefficient (Wildman–Crippen LogP) is 6.57. The summed E-state index contributed by atoms with van der Waals surface area (Å²) in [7, 11) is -4.11. The number of halogens is 3. The lowest BCUT2D eigenvalue weighted by Crippen LogP contribution is -2.39. The fourth-order valence-electron chi connectivity index (χ4n) is 3.64. The summed E-state index contributed by atoms with van der Waals surface area (Å²) in [5.74, 6) is -0.0739. The molecule has 0 aliphatic rings. The molecular formula is C29H24Cl3N3O4S. The maximum atomic E-state index is 13.5. The zero-order chi connectivity index (χ0) is 28.5. The van der Waals surface area contributed by atoms with Gasteiger partial charge in [-0.3, -0.25) is 4.79 Å². The van der Waals surface area contributed by atoms with Gasteiger partial charge < -0.3 is 4.74 Å². The molecule has 0 saturated carbocycles. The van der Waals surface area contributed by atoms with E-state index in [2.05, 4.69) is 10.5 Å². The molecule has 0 spiro atoms. The Morgan fingerprint density at radius 2 is 1.55 bits per heavy atom. The van der Waals surface area contributed by atoms with Crippen molar-refractivity contribution >= 4 is 56.9 Å². The second kappa shape index (κ2) is 13.8. The molecule has 0 bridgehead atoms. The topological polar surface area (TPSA) is 88.1 Å².